The highest BCUT2D eigenvalue weighted by molar-refractivity contribution is 6.13. The van der Waals surface area contributed by atoms with E-state index in [1.54, 1.807) is 0 Å². The standard InChI is InChI=1S/C55H36N2/c1-3-15-37(16-4-1)38-29-32-42(33-30-38)56(41-18-5-2-6-19-41)43-20-13-17-39(35-43)40-31-34-49-47(36-40)44-21-7-9-24-48(44)55(49)50-25-10-12-28-53(50)57-52-27-11-8-22-45(52)46-23-14-26-51(55)54(46)57/h1-36H. The maximum absolute atomic E-state index is 2.51. The molecule has 1 aliphatic heterocycles. The van der Waals surface area contributed by atoms with Crippen LogP contribution in [0.3, 0.4) is 0 Å². The Balaban J connectivity index is 1.03. The normalized spacial score (nSPS) is 14.7. The molecule has 0 amide bonds. The van der Waals surface area contributed by atoms with Crippen LogP contribution >= 0.6 is 0 Å². The second-order valence-corrected chi connectivity index (χ2v) is 15.3. The summed E-state index contributed by atoms with van der Waals surface area (Å²) in [5.41, 5.74) is 19.4. The smallest absolute Gasteiger partial charge is 0.0754 e. The average molecular weight is 725 g/mol. The van der Waals surface area contributed by atoms with Crippen LogP contribution in [-0.2, 0) is 5.41 Å². The molecule has 57 heavy (non-hydrogen) atoms. The minimum absolute atomic E-state index is 0.456. The van der Waals surface area contributed by atoms with Crippen molar-refractivity contribution in [2.24, 2.45) is 0 Å². The molecule has 0 bridgehead atoms. The number of rotatable bonds is 5. The second-order valence-electron chi connectivity index (χ2n) is 15.3. The number of anilines is 3. The molecular formula is C55H36N2. The lowest BCUT2D eigenvalue weighted by atomic mass is 9.65. The zero-order valence-electron chi connectivity index (χ0n) is 31.2. The third-order valence-corrected chi connectivity index (χ3v) is 12.4. The first-order valence-electron chi connectivity index (χ1n) is 19.8. The van der Waals surface area contributed by atoms with Crippen molar-refractivity contribution in [2.75, 3.05) is 4.90 Å². The molecule has 10 aromatic rings. The third-order valence-electron chi connectivity index (χ3n) is 12.4. The molecule has 2 heteroatoms. The van der Waals surface area contributed by atoms with E-state index in [1.807, 2.05) is 0 Å². The number of nitrogens with zero attached hydrogens (tertiary/aromatic N) is 2. The lowest BCUT2D eigenvalue weighted by Crippen LogP contribution is -2.33. The molecule has 0 fully saturated rings. The maximum Gasteiger partial charge on any atom is 0.0754 e. The van der Waals surface area contributed by atoms with Crippen LogP contribution in [0.15, 0.2) is 218 Å². The molecule has 0 radical (unpaired) electrons. The zero-order chi connectivity index (χ0) is 37.5. The first-order chi connectivity index (χ1) is 28.3. The molecule has 266 valence electrons. The van der Waals surface area contributed by atoms with Crippen molar-refractivity contribution in [1.29, 1.82) is 0 Å². The van der Waals surface area contributed by atoms with E-state index in [9.17, 15) is 0 Å². The Morgan fingerprint density at radius 3 is 1.75 bits per heavy atom. The van der Waals surface area contributed by atoms with Crippen LogP contribution in [0.2, 0.25) is 0 Å². The van der Waals surface area contributed by atoms with E-state index in [-0.39, 0.29) is 0 Å². The Labute approximate surface area is 332 Å². The highest BCUT2D eigenvalue weighted by Gasteiger charge is 2.50. The van der Waals surface area contributed by atoms with Gasteiger partial charge in [-0.3, -0.25) is 0 Å². The predicted octanol–water partition coefficient (Wildman–Crippen LogP) is 14.3. The monoisotopic (exact) mass is 724 g/mol. The molecule has 1 unspecified atom stereocenters. The molecule has 2 heterocycles. The molecule has 1 aliphatic carbocycles. The van der Waals surface area contributed by atoms with Gasteiger partial charge < -0.3 is 9.47 Å². The van der Waals surface area contributed by atoms with Crippen molar-refractivity contribution in [3.8, 4) is 39.1 Å². The fourth-order valence-corrected chi connectivity index (χ4v) is 10.0. The predicted molar refractivity (Wildman–Crippen MR) is 237 cm³/mol. The number of para-hydroxylation sites is 4. The Hall–Kier alpha value is -7.42. The highest BCUT2D eigenvalue weighted by atomic mass is 15.1. The van der Waals surface area contributed by atoms with Crippen molar-refractivity contribution in [3.05, 3.63) is 241 Å². The van der Waals surface area contributed by atoms with Gasteiger partial charge in [0.15, 0.2) is 0 Å². The number of aromatic nitrogens is 1. The minimum Gasteiger partial charge on any atom is -0.310 e. The van der Waals surface area contributed by atoms with Gasteiger partial charge in [-0.25, -0.2) is 0 Å². The molecule has 1 atom stereocenters. The van der Waals surface area contributed by atoms with Crippen molar-refractivity contribution in [3.63, 3.8) is 0 Å². The Kier molecular flexibility index (Phi) is 6.88. The Morgan fingerprint density at radius 2 is 0.895 bits per heavy atom. The molecule has 1 spiro atoms. The lowest BCUT2D eigenvalue weighted by molar-refractivity contribution is 0.748. The molecule has 12 rings (SSSR count). The van der Waals surface area contributed by atoms with E-state index in [4.69, 9.17) is 0 Å². The fourth-order valence-electron chi connectivity index (χ4n) is 10.0. The van der Waals surface area contributed by atoms with Gasteiger partial charge in [0.05, 0.1) is 22.1 Å². The summed E-state index contributed by atoms with van der Waals surface area (Å²) < 4.78 is 2.51. The number of hydrogen-bond acceptors (Lipinski definition) is 1. The summed E-state index contributed by atoms with van der Waals surface area (Å²) in [7, 11) is 0. The summed E-state index contributed by atoms with van der Waals surface area (Å²) in [5.74, 6) is 0. The summed E-state index contributed by atoms with van der Waals surface area (Å²) in [6.07, 6.45) is 0. The van der Waals surface area contributed by atoms with Crippen molar-refractivity contribution in [1.82, 2.24) is 4.57 Å². The third kappa shape index (κ3) is 4.53. The number of fused-ring (bicyclic) bond motifs is 12. The van der Waals surface area contributed by atoms with Gasteiger partial charge >= 0.3 is 0 Å². The summed E-state index contributed by atoms with van der Waals surface area (Å²) in [6.45, 7) is 0. The first kappa shape index (κ1) is 31.9. The van der Waals surface area contributed by atoms with Gasteiger partial charge in [-0.1, -0.05) is 164 Å². The van der Waals surface area contributed by atoms with E-state index in [2.05, 4.69) is 228 Å². The molecule has 0 N–H and O–H groups in total. The molecule has 1 aromatic heterocycles. The summed E-state index contributed by atoms with van der Waals surface area (Å²) in [4.78, 5) is 2.36. The van der Waals surface area contributed by atoms with E-state index in [0.29, 0.717) is 0 Å². The lowest BCUT2D eigenvalue weighted by Gasteiger charge is -2.39. The van der Waals surface area contributed by atoms with E-state index in [1.165, 1.54) is 83.1 Å². The molecule has 9 aromatic carbocycles. The fraction of sp³-hybridized carbons (Fsp3) is 0.0182. The van der Waals surface area contributed by atoms with Crippen LogP contribution in [0.4, 0.5) is 17.1 Å². The molecule has 2 aliphatic rings. The van der Waals surface area contributed by atoms with Gasteiger partial charge in [0.1, 0.15) is 0 Å². The Bertz CT molecular complexity index is 3180. The Morgan fingerprint density at radius 1 is 0.333 bits per heavy atom. The van der Waals surface area contributed by atoms with Gasteiger partial charge in [-0.15, -0.1) is 0 Å². The van der Waals surface area contributed by atoms with Crippen molar-refractivity contribution < 1.29 is 0 Å². The van der Waals surface area contributed by atoms with Crippen LogP contribution < -0.4 is 4.90 Å². The molecular weight excluding hydrogens is 689 g/mol. The summed E-state index contributed by atoms with van der Waals surface area (Å²) >= 11 is 0. The van der Waals surface area contributed by atoms with E-state index < -0.39 is 5.41 Å². The van der Waals surface area contributed by atoms with E-state index in [0.717, 1.165) is 17.1 Å². The van der Waals surface area contributed by atoms with Crippen LogP contribution in [0.25, 0.3) is 60.9 Å². The van der Waals surface area contributed by atoms with Gasteiger partial charge in [0.2, 0.25) is 0 Å². The van der Waals surface area contributed by atoms with Crippen molar-refractivity contribution in [2.45, 2.75) is 5.41 Å². The van der Waals surface area contributed by atoms with Crippen LogP contribution in [0.1, 0.15) is 22.3 Å². The van der Waals surface area contributed by atoms with Crippen LogP contribution in [-0.4, -0.2) is 4.57 Å². The summed E-state index contributed by atoms with van der Waals surface area (Å²) in [6, 6.07) is 80.4. The van der Waals surface area contributed by atoms with Gasteiger partial charge in [-0.05, 0) is 110 Å². The van der Waals surface area contributed by atoms with E-state index >= 15 is 0 Å². The largest absolute Gasteiger partial charge is 0.310 e. The van der Waals surface area contributed by atoms with Gasteiger partial charge in [0, 0.05) is 27.8 Å². The number of hydrogen-bond donors (Lipinski definition) is 0. The van der Waals surface area contributed by atoms with Gasteiger partial charge in [0.25, 0.3) is 0 Å². The number of benzene rings is 9. The maximum atomic E-state index is 2.51. The van der Waals surface area contributed by atoms with Crippen LogP contribution in [0.5, 0.6) is 0 Å². The van der Waals surface area contributed by atoms with Crippen LogP contribution in [0, 0.1) is 0 Å². The first-order valence-corrected chi connectivity index (χ1v) is 19.8. The topological polar surface area (TPSA) is 8.17 Å². The highest BCUT2D eigenvalue weighted by Crippen LogP contribution is 2.61. The molecule has 0 saturated carbocycles. The quantitative estimate of drug-likeness (QED) is 0.172. The van der Waals surface area contributed by atoms with Gasteiger partial charge in [-0.2, -0.15) is 0 Å². The minimum atomic E-state index is -0.456. The average Bonchev–Trinajstić information content (AvgIpc) is 3.78. The molecule has 2 nitrogen and oxygen atoms in total. The molecule has 0 saturated heterocycles. The second kappa shape index (κ2) is 12.3. The summed E-state index contributed by atoms with van der Waals surface area (Å²) in [5, 5.41) is 2.59. The SMILES string of the molecule is c1ccc(-c2ccc(N(c3ccccc3)c3cccc(-c4ccc5c(c4)-c4ccccc4C54c5ccccc5-n5c6ccccc6c6cccc4c65)c3)cc2)cc1. The zero-order valence-corrected chi connectivity index (χ0v) is 31.2. The van der Waals surface area contributed by atoms with Crippen molar-refractivity contribution >= 4 is 38.9 Å².